The highest BCUT2D eigenvalue weighted by Gasteiger charge is 2.28. The van der Waals surface area contributed by atoms with E-state index in [2.05, 4.69) is 16.7 Å². The van der Waals surface area contributed by atoms with E-state index in [9.17, 15) is 44.4 Å². The molecule has 0 aliphatic carbocycles. The van der Waals surface area contributed by atoms with Crippen LogP contribution in [0.25, 0.3) is 12.2 Å². The van der Waals surface area contributed by atoms with E-state index in [0.29, 0.717) is 30.3 Å². The fraction of sp³-hybridized carbons (Fsp3) is 0.381. The average molecular weight is 830 g/mol. The lowest BCUT2D eigenvalue weighted by Gasteiger charge is -2.37. The number of fused-ring (bicyclic) bond motifs is 2. The zero-order valence-electron chi connectivity index (χ0n) is 32.7. The van der Waals surface area contributed by atoms with E-state index in [1.165, 1.54) is 0 Å². The average Bonchev–Trinajstić information content (AvgIpc) is 3.17. The van der Waals surface area contributed by atoms with Crippen LogP contribution in [0.15, 0.2) is 72.8 Å². The lowest BCUT2D eigenvalue weighted by molar-refractivity contribution is -0.142. The topological polar surface area (TPSA) is 207 Å². The molecule has 5 rings (SSSR count). The molecule has 3 aromatic carbocycles. The van der Waals surface area contributed by atoms with Gasteiger partial charge < -0.3 is 36.0 Å². The molecule has 2 aliphatic heterocycles. The summed E-state index contributed by atoms with van der Waals surface area (Å²) < 4.78 is 0. The number of para-hydroxylation sites is 1. The molecular weight excluding hydrogens is 779 g/mol. The van der Waals surface area contributed by atoms with E-state index in [1.807, 2.05) is 78.9 Å². The summed E-state index contributed by atoms with van der Waals surface area (Å²) in [6.45, 7) is 0.869. The summed E-state index contributed by atoms with van der Waals surface area (Å²) in [5, 5.41) is 45.3. The normalized spacial score (nSPS) is 17.8. The molecule has 1 atom stereocenters. The highest BCUT2D eigenvalue weighted by atomic mass is 32.1. The van der Waals surface area contributed by atoms with E-state index in [0.717, 1.165) is 27.9 Å². The molecule has 1 fully saturated rings. The Morgan fingerprint density at radius 3 is 1.83 bits per heavy atom. The van der Waals surface area contributed by atoms with E-state index < -0.39 is 29.9 Å². The van der Waals surface area contributed by atoms with Crippen LogP contribution in [0.1, 0.15) is 28.7 Å². The number of rotatable bonds is 14. The van der Waals surface area contributed by atoms with Crippen molar-refractivity contribution in [1.82, 2.24) is 24.9 Å². The maximum atomic E-state index is 13.6. The van der Waals surface area contributed by atoms with Crippen LogP contribution in [0, 0.1) is 0 Å². The van der Waals surface area contributed by atoms with Gasteiger partial charge in [0.05, 0.1) is 38.4 Å². The van der Waals surface area contributed by atoms with Gasteiger partial charge in [-0.05, 0) is 59.1 Å². The Hall–Kier alpha value is -5.72. The van der Waals surface area contributed by atoms with Gasteiger partial charge >= 0.3 is 23.9 Å². The minimum Gasteiger partial charge on any atom is -0.480 e. The Kier molecular flexibility index (Phi) is 16.5. The summed E-state index contributed by atoms with van der Waals surface area (Å²) in [6.07, 6.45) is 4.63. The molecule has 59 heavy (non-hydrogen) atoms. The standard InChI is InChI=1S/C42H51N7O9S/c50-37(49-24-33-7-2-1-5-31(33)11-12-32-6-3-4-8-36(32)49)15-16-43-42(59)44-34-13-9-30(10-14-34)23-35-25-47(28-40(55)56)20-19-45(26-38(51)52)17-18-46(27-39(53)54)21-22-48(35)29-41(57)58/h1-14,35H,15-29H2,(H,51,52)(H,53,54)(H,55,56)(H,57,58)(H2,43,44,59)/b12-11-. The van der Waals surface area contributed by atoms with Crippen molar-refractivity contribution in [3.63, 3.8) is 0 Å². The number of amides is 1. The highest BCUT2D eigenvalue weighted by molar-refractivity contribution is 7.80. The van der Waals surface area contributed by atoms with Crippen LogP contribution < -0.4 is 15.5 Å². The van der Waals surface area contributed by atoms with Gasteiger partial charge in [0, 0.05) is 70.5 Å². The second-order valence-corrected chi connectivity index (χ2v) is 15.0. The van der Waals surface area contributed by atoms with Crippen LogP contribution >= 0.6 is 12.2 Å². The van der Waals surface area contributed by atoms with Crippen molar-refractivity contribution < 1.29 is 44.4 Å². The van der Waals surface area contributed by atoms with E-state index in [4.69, 9.17) is 12.2 Å². The van der Waals surface area contributed by atoms with Gasteiger partial charge in [0.2, 0.25) is 5.91 Å². The third-order valence-corrected chi connectivity index (χ3v) is 10.5. The van der Waals surface area contributed by atoms with Crippen LogP contribution in [0.4, 0.5) is 11.4 Å². The number of benzene rings is 3. The summed E-state index contributed by atoms with van der Waals surface area (Å²) in [5.74, 6) is -4.34. The van der Waals surface area contributed by atoms with Crippen LogP contribution in [-0.4, -0.2) is 160 Å². The van der Waals surface area contributed by atoms with Crippen molar-refractivity contribution in [3.8, 4) is 0 Å². The van der Waals surface area contributed by atoms with Gasteiger partial charge in [0.25, 0.3) is 0 Å². The molecule has 0 radical (unpaired) electrons. The molecule has 1 amide bonds. The number of carbonyl (C=O) groups is 5. The van der Waals surface area contributed by atoms with Gasteiger partial charge in [-0.1, -0.05) is 66.7 Å². The van der Waals surface area contributed by atoms with Gasteiger partial charge in [-0.25, -0.2) is 0 Å². The van der Waals surface area contributed by atoms with Crippen molar-refractivity contribution in [3.05, 3.63) is 95.1 Å². The number of anilines is 2. The Labute approximate surface area is 348 Å². The van der Waals surface area contributed by atoms with E-state index >= 15 is 0 Å². The quantitative estimate of drug-likeness (QED) is 0.129. The summed E-state index contributed by atoms with van der Waals surface area (Å²) in [6, 6.07) is 22.7. The molecule has 3 aromatic rings. The number of hydrogen-bond donors (Lipinski definition) is 6. The predicted molar refractivity (Wildman–Crippen MR) is 227 cm³/mol. The Morgan fingerprint density at radius 1 is 0.644 bits per heavy atom. The number of thiocarbonyl (C=S) groups is 1. The number of aliphatic carboxylic acids is 4. The lowest BCUT2D eigenvalue weighted by atomic mass is 10.0. The molecule has 0 spiro atoms. The van der Waals surface area contributed by atoms with Crippen molar-refractivity contribution >= 4 is 70.6 Å². The lowest BCUT2D eigenvalue weighted by Crippen LogP contribution is -2.53. The molecule has 2 heterocycles. The monoisotopic (exact) mass is 829 g/mol. The molecule has 0 bridgehead atoms. The predicted octanol–water partition coefficient (Wildman–Crippen LogP) is 2.55. The molecule has 0 aromatic heterocycles. The fourth-order valence-corrected chi connectivity index (χ4v) is 7.54. The SMILES string of the molecule is O=C(O)CN1CCN(CC(=O)O)CCN(CC(=O)O)C(Cc2ccc(NC(=S)NCCC(=O)N3Cc4ccccc4/C=C\c4ccccc43)cc2)CN(CC(=O)O)CC1. The first kappa shape index (κ1) is 44.4. The molecule has 0 saturated carbocycles. The van der Waals surface area contributed by atoms with Crippen molar-refractivity contribution in [2.45, 2.75) is 25.4 Å². The van der Waals surface area contributed by atoms with Gasteiger partial charge in [-0.3, -0.25) is 43.6 Å². The molecular formula is C42H51N7O9S. The first-order valence-electron chi connectivity index (χ1n) is 19.4. The van der Waals surface area contributed by atoms with Gasteiger partial charge in [0.15, 0.2) is 5.11 Å². The first-order chi connectivity index (χ1) is 28.3. The summed E-state index contributed by atoms with van der Waals surface area (Å²) in [4.78, 5) is 69.4. The number of carboxylic acid groups (broad SMARTS) is 4. The summed E-state index contributed by atoms with van der Waals surface area (Å²) >= 11 is 5.56. The van der Waals surface area contributed by atoms with E-state index in [-0.39, 0.29) is 84.3 Å². The van der Waals surface area contributed by atoms with E-state index in [1.54, 1.807) is 24.5 Å². The second-order valence-electron chi connectivity index (χ2n) is 14.6. The van der Waals surface area contributed by atoms with Crippen LogP contribution in [-0.2, 0) is 36.9 Å². The minimum absolute atomic E-state index is 0.0556. The highest BCUT2D eigenvalue weighted by Crippen LogP contribution is 2.29. The first-order valence-corrected chi connectivity index (χ1v) is 19.8. The Bertz CT molecular complexity index is 2000. The minimum atomic E-state index is -1.08. The number of carboxylic acids is 4. The van der Waals surface area contributed by atoms with Crippen LogP contribution in [0.2, 0.25) is 0 Å². The van der Waals surface area contributed by atoms with Crippen LogP contribution in [0.3, 0.4) is 0 Å². The zero-order chi connectivity index (χ0) is 42.3. The summed E-state index contributed by atoms with van der Waals surface area (Å²) in [5.41, 5.74) is 5.41. The number of carbonyl (C=O) groups excluding carboxylic acids is 1. The van der Waals surface area contributed by atoms with Crippen molar-refractivity contribution in [2.75, 3.05) is 88.8 Å². The van der Waals surface area contributed by atoms with Gasteiger partial charge in [-0.15, -0.1) is 0 Å². The number of hydrogen-bond acceptors (Lipinski definition) is 10. The maximum Gasteiger partial charge on any atom is 0.317 e. The molecule has 17 heteroatoms. The van der Waals surface area contributed by atoms with Crippen LogP contribution in [0.5, 0.6) is 0 Å². The number of nitrogens with zero attached hydrogens (tertiary/aromatic N) is 5. The molecule has 1 unspecified atom stereocenters. The Balaban J connectivity index is 1.24. The molecule has 16 nitrogen and oxygen atoms in total. The second kappa shape index (κ2) is 21.9. The smallest absolute Gasteiger partial charge is 0.317 e. The molecule has 1 saturated heterocycles. The molecule has 6 N–H and O–H groups in total. The Morgan fingerprint density at radius 2 is 1.19 bits per heavy atom. The van der Waals surface area contributed by atoms with Crippen molar-refractivity contribution in [2.24, 2.45) is 0 Å². The van der Waals surface area contributed by atoms with Gasteiger partial charge in [-0.2, -0.15) is 0 Å². The fourth-order valence-electron chi connectivity index (χ4n) is 7.32. The largest absolute Gasteiger partial charge is 0.480 e. The van der Waals surface area contributed by atoms with Crippen molar-refractivity contribution in [1.29, 1.82) is 0 Å². The third kappa shape index (κ3) is 14.3. The molecule has 314 valence electrons. The summed E-state index contributed by atoms with van der Waals surface area (Å²) in [7, 11) is 0. The maximum absolute atomic E-state index is 13.6. The van der Waals surface area contributed by atoms with Gasteiger partial charge in [0.1, 0.15) is 0 Å². The number of nitrogens with one attached hydrogen (secondary N) is 2. The third-order valence-electron chi connectivity index (χ3n) is 10.2. The molecule has 2 aliphatic rings. The zero-order valence-corrected chi connectivity index (χ0v) is 33.6.